The average Bonchev–Trinajstić information content (AvgIpc) is 2.02. The maximum absolute atomic E-state index is 11.6. The van der Waals surface area contributed by atoms with Crippen molar-refractivity contribution < 1.29 is 19.4 Å². The lowest BCUT2D eigenvalue weighted by atomic mass is 9.69. The van der Waals surface area contributed by atoms with Gasteiger partial charge in [0.05, 0.1) is 7.11 Å². The van der Waals surface area contributed by atoms with Crippen LogP contribution in [0.5, 0.6) is 0 Å². The van der Waals surface area contributed by atoms with Gasteiger partial charge in [-0.05, 0) is 11.8 Å². The normalized spacial score (nSPS) is 11.9. The zero-order chi connectivity index (χ0) is 11.5. The number of hydrogen-bond donors (Lipinski definition) is 1. The van der Waals surface area contributed by atoms with E-state index in [9.17, 15) is 9.59 Å². The zero-order valence-electron chi connectivity index (χ0n) is 9.33. The Morgan fingerprint density at radius 1 is 1.14 bits per heavy atom. The molecule has 0 radical (unpaired) electrons. The van der Waals surface area contributed by atoms with Crippen LogP contribution in [0.2, 0.25) is 0 Å². The van der Waals surface area contributed by atoms with Crippen LogP contribution >= 0.6 is 0 Å². The van der Waals surface area contributed by atoms with Crippen molar-refractivity contribution in [2.75, 3.05) is 7.11 Å². The Hall–Kier alpha value is -1.06. The standard InChI is InChI=1S/C10H18O4/c1-6(2)10(7(3)4,8(11)12)9(13)14-5/h6-7H,1-5H3,(H,11,12). The molecule has 0 amide bonds. The van der Waals surface area contributed by atoms with Gasteiger partial charge in [0.2, 0.25) is 0 Å². The summed E-state index contributed by atoms with van der Waals surface area (Å²) >= 11 is 0. The summed E-state index contributed by atoms with van der Waals surface area (Å²) in [5.41, 5.74) is -1.44. The number of hydrogen-bond acceptors (Lipinski definition) is 3. The van der Waals surface area contributed by atoms with Crippen LogP contribution in [-0.2, 0) is 14.3 Å². The van der Waals surface area contributed by atoms with Gasteiger partial charge in [0, 0.05) is 0 Å². The molecule has 0 aromatic rings. The van der Waals surface area contributed by atoms with Gasteiger partial charge in [-0.2, -0.15) is 0 Å². The topological polar surface area (TPSA) is 63.6 Å². The Bertz CT molecular complexity index is 222. The molecule has 0 aliphatic carbocycles. The lowest BCUT2D eigenvalue weighted by Gasteiger charge is -2.33. The van der Waals surface area contributed by atoms with E-state index in [1.807, 2.05) is 0 Å². The SMILES string of the molecule is COC(=O)C(C(=O)O)(C(C)C)C(C)C. The second-order valence-corrected chi connectivity index (χ2v) is 3.98. The molecule has 0 saturated heterocycles. The van der Waals surface area contributed by atoms with Crippen LogP contribution in [0.1, 0.15) is 27.7 Å². The first-order chi connectivity index (χ1) is 6.31. The number of ether oxygens (including phenoxy) is 1. The van der Waals surface area contributed by atoms with Gasteiger partial charge in [-0.25, -0.2) is 0 Å². The fourth-order valence-electron chi connectivity index (χ4n) is 1.89. The third-order valence-electron chi connectivity index (χ3n) is 2.70. The molecule has 1 N–H and O–H groups in total. The van der Waals surface area contributed by atoms with Crippen molar-refractivity contribution in [1.82, 2.24) is 0 Å². The predicted octanol–water partition coefficient (Wildman–Crippen LogP) is 1.54. The number of carbonyl (C=O) groups is 2. The van der Waals surface area contributed by atoms with E-state index in [1.165, 1.54) is 7.11 Å². The van der Waals surface area contributed by atoms with Crippen molar-refractivity contribution in [3.05, 3.63) is 0 Å². The van der Waals surface area contributed by atoms with Gasteiger partial charge in [-0.15, -0.1) is 0 Å². The Balaban J connectivity index is 5.39. The largest absolute Gasteiger partial charge is 0.480 e. The van der Waals surface area contributed by atoms with Gasteiger partial charge in [0.1, 0.15) is 0 Å². The minimum Gasteiger partial charge on any atom is -0.480 e. The molecule has 0 bridgehead atoms. The third-order valence-corrected chi connectivity index (χ3v) is 2.70. The minimum atomic E-state index is -1.44. The van der Waals surface area contributed by atoms with Crippen molar-refractivity contribution in [3.8, 4) is 0 Å². The number of carboxylic acid groups (broad SMARTS) is 1. The summed E-state index contributed by atoms with van der Waals surface area (Å²) < 4.78 is 4.58. The number of aliphatic carboxylic acids is 1. The van der Waals surface area contributed by atoms with Crippen LogP contribution in [0.25, 0.3) is 0 Å². The second-order valence-electron chi connectivity index (χ2n) is 3.98. The van der Waals surface area contributed by atoms with Gasteiger partial charge in [0.25, 0.3) is 0 Å². The first-order valence-corrected chi connectivity index (χ1v) is 4.63. The van der Waals surface area contributed by atoms with E-state index in [1.54, 1.807) is 27.7 Å². The molecule has 82 valence electrons. The fraction of sp³-hybridized carbons (Fsp3) is 0.800. The van der Waals surface area contributed by atoms with Gasteiger partial charge in [-0.1, -0.05) is 27.7 Å². The monoisotopic (exact) mass is 202 g/mol. The van der Waals surface area contributed by atoms with Gasteiger partial charge in [-0.3, -0.25) is 9.59 Å². The Morgan fingerprint density at radius 2 is 1.50 bits per heavy atom. The summed E-state index contributed by atoms with van der Waals surface area (Å²) in [5.74, 6) is -2.38. The summed E-state index contributed by atoms with van der Waals surface area (Å²) in [5, 5.41) is 9.17. The van der Waals surface area contributed by atoms with E-state index >= 15 is 0 Å². The van der Waals surface area contributed by atoms with E-state index in [2.05, 4.69) is 4.74 Å². The highest BCUT2D eigenvalue weighted by molar-refractivity contribution is 5.99. The number of carbonyl (C=O) groups excluding carboxylic acids is 1. The highest BCUT2D eigenvalue weighted by Crippen LogP contribution is 2.37. The molecule has 4 nitrogen and oxygen atoms in total. The highest BCUT2D eigenvalue weighted by atomic mass is 16.5. The summed E-state index contributed by atoms with van der Waals surface area (Å²) in [4.78, 5) is 22.8. The first-order valence-electron chi connectivity index (χ1n) is 4.63. The molecule has 0 aromatic heterocycles. The zero-order valence-corrected chi connectivity index (χ0v) is 9.33. The molecule has 0 aliphatic heterocycles. The quantitative estimate of drug-likeness (QED) is 0.555. The summed E-state index contributed by atoms with van der Waals surface area (Å²) in [6.45, 7) is 6.85. The van der Waals surface area contributed by atoms with Crippen LogP contribution in [0.4, 0.5) is 0 Å². The van der Waals surface area contributed by atoms with Crippen molar-refractivity contribution in [3.63, 3.8) is 0 Å². The first kappa shape index (κ1) is 12.9. The second kappa shape index (κ2) is 4.44. The Labute approximate surface area is 84.3 Å². The lowest BCUT2D eigenvalue weighted by molar-refractivity contribution is -0.175. The number of methoxy groups -OCH3 is 1. The van der Waals surface area contributed by atoms with E-state index in [4.69, 9.17) is 5.11 Å². The summed E-state index contributed by atoms with van der Waals surface area (Å²) in [6.07, 6.45) is 0. The molecule has 0 heterocycles. The molecular formula is C10H18O4. The lowest BCUT2D eigenvalue weighted by Crippen LogP contribution is -2.48. The van der Waals surface area contributed by atoms with Crippen molar-refractivity contribution in [2.24, 2.45) is 17.3 Å². The van der Waals surface area contributed by atoms with Gasteiger partial charge in [0.15, 0.2) is 5.41 Å². The van der Waals surface area contributed by atoms with Crippen LogP contribution in [0.3, 0.4) is 0 Å². The smallest absolute Gasteiger partial charge is 0.323 e. The average molecular weight is 202 g/mol. The van der Waals surface area contributed by atoms with Crippen molar-refractivity contribution in [2.45, 2.75) is 27.7 Å². The Morgan fingerprint density at radius 3 is 1.57 bits per heavy atom. The summed E-state index contributed by atoms with van der Waals surface area (Å²) in [7, 11) is 1.21. The molecule has 0 spiro atoms. The molecule has 0 unspecified atom stereocenters. The van der Waals surface area contributed by atoms with Crippen molar-refractivity contribution in [1.29, 1.82) is 0 Å². The van der Waals surface area contributed by atoms with E-state index in [-0.39, 0.29) is 11.8 Å². The van der Waals surface area contributed by atoms with E-state index in [0.29, 0.717) is 0 Å². The predicted molar refractivity (Wildman–Crippen MR) is 51.8 cm³/mol. The van der Waals surface area contributed by atoms with Crippen molar-refractivity contribution >= 4 is 11.9 Å². The molecule has 0 atom stereocenters. The molecule has 14 heavy (non-hydrogen) atoms. The maximum Gasteiger partial charge on any atom is 0.323 e. The van der Waals surface area contributed by atoms with Crippen LogP contribution in [0, 0.1) is 17.3 Å². The van der Waals surface area contributed by atoms with E-state index < -0.39 is 17.4 Å². The molecule has 4 heteroatoms. The van der Waals surface area contributed by atoms with Crippen LogP contribution < -0.4 is 0 Å². The maximum atomic E-state index is 11.6. The molecular weight excluding hydrogens is 184 g/mol. The third kappa shape index (κ3) is 1.74. The van der Waals surface area contributed by atoms with Crippen LogP contribution in [-0.4, -0.2) is 24.2 Å². The number of rotatable bonds is 4. The van der Waals surface area contributed by atoms with Gasteiger partial charge >= 0.3 is 11.9 Å². The number of esters is 1. The molecule has 0 fully saturated rings. The molecule has 0 aliphatic rings. The molecule has 0 aromatic carbocycles. The molecule has 0 saturated carbocycles. The molecule has 0 rings (SSSR count). The fourth-order valence-corrected chi connectivity index (χ4v) is 1.89. The van der Waals surface area contributed by atoms with E-state index in [0.717, 1.165) is 0 Å². The minimum absolute atomic E-state index is 0.299. The Kier molecular flexibility index (Phi) is 4.10. The van der Waals surface area contributed by atoms with Crippen LogP contribution in [0.15, 0.2) is 0 Å². The highest BCUT2D eigenvalue weighted by Gasteiger charge is 2.52. The summed E-state index contributed by atoms with van der Waals surface area (Å²) in [6, 6.07) is 0. The number of carboxylic acids is 1. The van der Waals surface area contributed by atoms with Gasteiger partial charge < -0.3 is 9.84 Å².